The molecular formula is C23H30N2O3S. The molecule has 3 rings (SSSR count). The van der Waals surface area contributed by atoms with Gasteiger partial charge in [-0.05, 0) is 81.0 Å². The van der Waals surface area contributed by atoms with Crippen molar-refractivity contribution in [1.29, 1.82) is 0 Å². The van der Waals surface area contributed by atoms with Gasteiger partial charge in [0.05, 0.1) is 10.9 Å². The molecule has 1 aliphatic rings. The lowest BCUT2D eigenvalue weighted by molar-refractivity contribution is 0.0939. The molecule has 0 radical (unpaired) electrons. The molecule has 1 aliphatic heterocycles. The number of hydrogen-bond donors (Lipinski definition) is 1. The van der Waals surface area contributed by atoms with Crippen molar-refractivity contribution in [2.45, 2.75) is 57.9 Å². The second-order valence-electron chi connectivity index (χ2n) is 7.98. The van der Waals surface area contributed by atoms with Crippen LogP contribution < -0.4 is 5.32 Å². The second-order valence-corrected chi connectivity index (χ2v) is 9.92. The summed E-state index contributed by atoms with van der Waals surface area (Å²) in [6.07, 6.45) is 2.82. The van der Waals surface area contributed by atoms with Gasteiger partial charge in [0.1, 0.15) is 0 Å². The minimum Gasteiger partial charge on any atom is -0.346 e. The fraction of sp³-hybridized carbons (Fsp3) is 0.435. The van der Waals surface area contributed by atoms with Gasteiger partial charge in [-0.3, -0.25) is 4.79 Å². The Morgan fingerprint density at radius 3 is 2.31 bits per heavy atom. The van der Waals surface area contributed by atoms with Gasteiger partial charge in [0.2, 0.25) is 10.0 Å². The average molecular weight is 415 g/mol. The molecule has 1 fully saturated rings. The van der Waals surface area contributed by atoms with E-state index in [0.29, 0.717) is 18.7 Å². The Balaban J connectivity index is 1.80. The molecular weight excluding hydrogens is 384 g/mol. The molecule has 0 saturated carbocycles. The third-order valence-electron chi connectivity index (χ3n) is 5.75. The Morgan fingerprint density at radius 1 is 0.966 bits per heavy atom. The standard InChI is InChI=1S/C23H30N2O3S/c1-16-13-18(3)22(14-17(16)2)19(4)24-23(26)20-9-8-10-21(15-20)29(27,28)25-11-6-5-7-12-25/h8-10,13-15,19H,5-7,11-12H2,1-4H3,(H,24,26)/t19-/m1/s1. The van der Waals surface area contributed by atoms with Crippen LogP contribution in [0.25, 0.3) is 0 Å². The van der Waals surface area contributed by atoms with Gasteiger partial charge in [0.25, 0.3) is 5.91 Å². The molecule has 1 saturated heterocycles. The Morgan fingerprint density at radius 2 is 1.62 bits per heavy atom. The fourth-order valence-electron chi connectivity index (χ4n) is 3.86. The average Bonchev–Trinajstić information content (AvgIpc) is 2.71. The first-order valence-electron chi connectivity index (χ1n) is 10.2. The van der Waals surface area contributed by atoms with Gasteiger partial charge in [0.15, 0.2) is 0 Å². The maximum atomic E-state index is 12.9. The summed E-state index contributed by atoms with van der Waals surface area (Å²) in [4.78, 5) is 13.0. The minimum absolute atomic E-state index is 0.177. The van der Waals surface area contributed by atoms with Crippen LogP contribution in [-0.4, -0.2) is 31.7 Å². The zero-order valence-corrected chi connectivity index (χ0v) is 18.5. The largest absolute Gasteiger partial charge is 0.346 e. The smallest absolute Gasteiger partial charge is 0.251 e. The summed E-state index contributed by atoms with van der Waals surface area (Å²) in [5.41, 5.74) is 4.96. The molecule has 1 amide bonds. The quantitative estimate of drug-likeness (QED) is 0.794. The molecule has 0 unspecified atom stereocenters. The summed E-state index contributed by atoms with van der Waals surface area (Å²) in [6, 6.07) is 10.4. The van der Waals surface area contributed by atoms with Crippen LogP contribution in [0.4, 0.5) is 0 Å². The van der Waals surface area contributed by atoms with E-state index in [4.69, 9.17) is 0 Å². The van der Waals surface area contributed by atoms with Gasteiger partial charge in [-0.2, -0.15) is 4.31 Å². The van der Waals surface area contributed by atoms with Crippen LogP contribution in [-0.2, 0) is 10.0 Å². The molecule has 2 aromatic rings. The fourth-order valence-corrected chi connectivity index (χ4v) is 5.42. The van der Waals surface area contributed by atoms with Crippen molar-refractivity contribution >= 4 is 15.9 Å². The van der Waals surface area contributed by atoms with Crippen molar-refractivity contribution in [3.63, 3.8) is 0 Å². The van der Waals surface area contributed by atoms with E-state index in [1.165, 1.54) is 21.5 Å². The summed E-state index contributed by atoms with van der Waals surface area (Å²) < 4.78 is 27.4. The summed E-state index contributed by atoms with van der Waals surface area (Å²) in [6.45, 7) is 9.20. The van der Waals surface area contributed by atoms with Gasteiger partial charge in [-0.15, -0.1) is 0 Å². The van der Waals surface area contributed by atoms with E-state index in [2.05, 4.69) is 31.3 Å². The van der Waals surface area contributed by atoms with Crippen molar-refractivity contribution in [2.75, 3.05) is 13.1 Å². The third-order valence-corrected chi connectivity index (χ3v) is 7.64. The van der Waals surface area contributed by atoms with E-state index in [1.54, 1.807) is 18.2 Å². The van der Waals surface area contributed by atoms with Crippen LogP contribution >= 0.6 is 0 Å². The van der Waals surface area contributed by atoms with E-state index >= 15 is 0 Å². The van der Waals surface area contributed by atoms with Gasteiger partial charge < -0.3 is 5.32 Å². The maximum Gasteiger partial charge on any atom is 0.251 e. The molecule has 0 spiro atoms. The highest BCUT2D eigenvalue weighted by atomic mass is 32.2. The molecule has 6 heteroatoms. The number of amides is 1. The van der Waals surface area contributed by atoms with Crippen LogP contribution in [0.5, 0.6) is 0 Å². The number of nitrogens with zero attached hydrogens (tertiary/aromatic N) is 1. The first-order chi connectivity index (χ1) is 13.7. The molecule has 1 N–H and O–H groups in total. The van der Waals surface area contributed by atoms with E-state index in [0.717, 1.165) is 30.4 Å². The first kappa shape index (κ1) is 21.5. The number of sulfonamides is 1. The molecule has 29 heavy (non-hydrogen) atoms. The number of benzene rings is 2. The molecule has 1 heterocycles. The van der Waals surface area contributed by atoms with E-state index in [-0.39, 0.29) is 16.8 Å². The van der Waals surface area contributed by atoms with Crippen molar-refractivity contribution in [2.24, 2.45) is 0 Å². The topological polar surface area (TPSA) is 66.5 Å². The van der Waals surface area contributed by atoms with Crippen LogP contribution in [0.15, 0.2) is 41.3 Å². The summed E-state index contributed by atoms with van der Waals surface area (Å²) >= 11 is 0. The molecule has 1 atom stereocenters. The van der Waals surface area contributed by atoms with E-state index in [9.17, 15) is 13.2 Å². The Bertz CT molecular complexity index is 1010. The monoisotopic (exact) mass is 414 g/mol. The zero-order chi connectivity index (χ0) is 21.2. The van der Waals surface area contributed by atoms with Crippen molar-refractivity contribution < 1.29 is 13.2 Å². The predicted molar refractivity (Wildman–Crippen MR) is 116 cm³/mol. The van der Waals surface area contributed by atoms with E-state index in [1.807, 2.05) is 13.8 Å². The number of piperidine rings is 1. The van der Waals surface area contributed by atoms with Gasteiger partial charge >= 0.3 is 0 Å². The van der Waals surface area contributed by atoms with Crippen LogP contribution in [0.1, 0.15) is 64.8 Å². The number of aryl methyl sites for hydroxylation is 3. The molecule has 0 aromatic heterocycles. The summed E-state index contributed by atoms with van der Waals surface area (Å²) in [7, 11) is -3.56. The van der Waals surface area contributed by atoms with Gasteiger partial charge in [0, 0.05) is 18.7 Å². The highest BCUT2D eigenvalue weighted by Gasteiger charge is 2.26. The number of rotatable bonds is 5. The number of carbonyl (C=O) groups is 1. The van der Waals surface area contributed by atoms with E-state index < -0.39 is 10.0 Å². The molecule has 0 bridgehead atoms. The van der Waals surface area contributed by atoms with Crippen LogP contribution in [0, 0.1) is 20.8 Å². The Labute approximate surface area is 174 Å². The van der Waals surface area contributed by atoms with Gasteiger partial charge in [-0.25, -0.2) is 8.42 Å². The minimum atomic E-state index is -3.56. The molecule has 0 aliphatic carbocycles. The normalized spacial score (nSPS) is 16.4. The summed E-state index contributed by atoms with van der Waals surface area (Å²) in [5.74, 6) is -0.272. The van der Waals surface area contributed by atoms with Crippen molar-refractivity contribution in [3.05, 3.63) is 64.2 Å². The van der Waals surface area contributed by atoms with Crippen molar-refractivity contribution in [1.82, 2.24) is 9.62 Å². The Kier molecular flexibility index (Phi) is 6.44. The van der Waals surface area contributed by atoms with Crippen LogP contribution in [0.2, 0.25) is 0 Å². The number of carbonyl (C=O) groups excluding carboxylic acids is 1. The SMILES string of the molecule is Cc1cc(C)c([C@@H](C)NC(=O)c2cccc(S(=O)(=O)N3CCCCC3)c2)cc1C. The first-order valence-corrected chi connectivity index (χ1v) is 11.6. The predicted octanol–water partition coefficient (Wildman–Crippen LogP) is 4.28. The highest BCUT2D eigenvalue weighted by molar-refractivity contribution is 7.89. The van der Waals surface area contributed by atoms with Crippen molar-refractivity contribution in [3.8, 4) is 0 Å². The molecule has 2 aromatic carbocycles. The highest BCUT2D eigenvalue weighted by Crippen LogP contribution is 2.24. The second kappa shape index (κ2) is 8.67. The summed E-state index contributed by atoms with van der Waals surface area (Å²) in [5, 5.41) is 3.01. The molecule has 156 valence electrons. The zero-order valence-electron chi connectivity index (χ0n) is 17.7. The number of nitrogens with one attached hydrogen (secondary N) is 1. The lowest BCUT2D eigenvalue weighted by atomic mass is 9.96. The number of hydrogen-bond acceptors (Lipinski definition) is 3. The molecule has 5 nitrogen and oxygen atoms in total. The van der Waals surface area contributed by atoms with Crippen LogP contribution in [0.3, 0.4) is 0 Å². The third kappa shape index (κ3) is 4.70. The van der Waals surface area contributed by atoms with Gasteiger partial charge in [-0.1, -0.05) is 24.6 Å². The maximum absolute atomic E-state index is 12.9. The Hall–Kier alpha value is -2.18. The lowest BCUT2D eigenvalue weighted by Crippen LogP contribution is -2.35. The lowest BCUT2D eigenvalue weighted by Gasteiger charge is -2.26.